The Morgan fingerprint density at radius 3 is 2.55 bits per heavy atom. The fourth-order valence-electron chi connectivity index (χ4n) is 2.98. The molecule has 0 bridgehead atoms. The number of carbonyl (C=O) groups is 2. The molecule has 2 heterocycles. The van der Waals surface area contributed by atoms with Crippen molar-refractivity contribution in [1.82, 2.24) is 9.80 Å². The van der Waals surface area contributed by atoms with Crippen molar-refractivity contribution in [3.05, 3.63) is 30.3 Å². The summed E-state index contributed by atoms with van der Waals surface area (Å²) in [6.07, 6.45) is 1.60. The number of hydrogen-bond acceptors (Lipinski definition) is 3. The highest BCUT2D eigenvalue weighted by Crippen LogP contribution is 2.21. The van der Waals surface area contributed by atoms with Gasteiger partial charge in [0.1, 0.15) is 6.04 Å². The van der Waals surface area contributed by atoms with Crippen LogP contribution in [0.5, 0.6) is 0 Å². The van der Waals surface area contributed by atoms with Crippen molar-refractivity contribution >= 4 is 17.6 Å². The maximum atomic E-state index is 12.6. The lowest BCUT2D eigenvalue weighted by molar-refractivity contribution is -0.139. The molecule has 1 aromatic carbocycles. The highest BCUT2D eigenvalue weighted by Gasteiger charge is 2.36. The molecule has 2 aliphatic heterocycles. The van der Waals surface area contributed by atoms with Crippen LogP contribution in [0.2, 0.25) is 0 Å². The second kappa shape index (κ2) is 6.79. The molecule has 2 fully saturated rings. The van der Waals surface area contributed by atoms with Gasteiger partial charge in [-0.15, -0.1) is 0 Å². The van der Waals surface area contributed by atoms with Gasteiger partial charge in [-0.3, -0.25) is 4.79 Å². The first-order valence-electron chi connectivity index (χ1n) is 7.75. The number of nitrogens with zero attached hydrogens (tertiary/aromatic N) is 2. The smallest absolute Gasteiger partial charge is 0.322 e. The van der Waals surface area contributed by atoms with E-state index in [1.807, 2.05) is 35.2 Å². The van der Waals surface area contributed by atoms with Gasteiger partial charge in [-0.1, -0.05) is 18.2 Å². The molecule has 6 nitrogen and oxygen atoms in total. The number of nitrogens with one attached hydrogen (secondary N) is 1. The lowest BCUT2D eigenvalue weighted by Gasteiger charge is -2.32. The number of amides is 3. The molecular formula is C16H21N3O3. The number of benzene rings is 1. The third-order valence-corrected chi connectivity index (χ3v) is 4.15. The third kappa shape index (κ3) is 3.22. The maximum absolute atomic E-state index is 12.6. The average molecular weight is 303 g/mol. The van der Waals surface area contributed by atoms with Crippen LogP contribution in [0.4, 0.5) is 10.5 Å². The van der Waals surface area contributed by atoms with Crippen molar-refractivity contribution in [3.8, 4) is 0 Å². The summed E-state index contributed by atoms with van der Waals surface area (Å²) in [4.78, 5) is 28.5. The van der Waals surface area contributed by atoms with E-state index in [0.29, 0.717) is 32.8 Å². The minimum atomic E-state index is -0.346. The molecule has 0 saturated carbocycles. The minimum absolute atomic E-state index is 0.0454. The van der Waals surface area contributed by atoms with Crippen LogP contribution in [0.3, 0.4) is 0 Å². The van der Waals surface area contributed by atoms with E-state index in [-0.39, 0.29) is 18.0 Å². The monoisotopic (exact) mass is 303 g/mol. The summed E-state index contributed by atoms with van der Waals surface area (Å²) in [7, 11) is 0. The molecule has 2 aliphatic rings. The minimum Gasteiger partial charge on any atom is -0.378 e. The van der Waals surface area contributed by atoms with Crippen molar-refractivity contribution in [3.63, 3.8) is 0 Å². The summed E-state index contributed by atoms with van der Waals surface area (Å²) in [5.74, 6) is 0.0454. The molecule has 1 atom stereocenters. The second-order valence-corrected chi connectivity index (χ2v) is 5.59. The Morgan fingerprint density at radius 1 is 1.09 bits per heavy atom. The van der Waals surface area contributed by atoms with Gasteiger partial charge in [0, 0.05) is 25.3 Å². The largest absolute Gasteiger partial charge is 0.378 e. The van der Waals surface area contributed by atoms with E-state index < -0.39 is 0 Å². The van der Waals surface area contributed by atoms with Crippen LogP contribution in [0.25, 0.3) is 0 Å². The molecular weight excluding hydrogens is 282 g/mol. The molecule has 6 heteroatoms. The Balaban J connectivity index is 1.64. The van der Waals surface area contributed by atoms with E-state index in [1.165, 1.54) is 0 Å². The van der Waals surface area contributed by atoms with E-state index in [9.17, 15) is 9.59 Å². The van der Waals surface area contributed by atoms with Gasteiger partial charge in [0.25, 0.3) is 0 Å². The predicted molar refractivity (Wildman–Crippen MR) is 82.6 cm³/mol. The number of rotatable bonds is 2. The van der Waals surface area contributed by atoms with Crippen LogP contribution in [0, 0.1) is 0 Å². The first-order chi connectivity index (χ1) is 10.8. The first-order valence-corrected chi connectivity index (χ1v) is 7.75. The van der Waals surface area contributed by atoms with Crippen molar-refractivity contribution in [2.75, 3.05) is 38.2 Å². The van der Waals surface area contributed by atoms with Crippen LogP contribution in [0.15, 0.2) is 30.3 Å². The van der Waals surface area contributed by atoms with Crippen LogP contribution < -0.4 is 5.32 Å². The fraction of sp³-hybridized carbons (Fsp3) is 0.500. The summed E-state index contributed by atoms with van der Waals surface area (Å²) in [6.45, 7) is 3.01. The lowest BCUT2D eigenvalue weighted by Crippen LogP contribution is -2.51. The molecule has 1 aromatic rings. The first kappa shape index (κ1) is 14.8. The second-order valence-electron chi connectivity index (χ2n) is 5.59. The Morgan fingerprint density at radius 2 is 1.82 bits per heavy atom. The molecule has 0 radical (unpaired) electrons. The van der Waals surface area contributed by atoms with Gasteiger partial charge in [0.2, 0.25) is 5.91 Å². The topological polar surface area (TPSA) is 61.9 Å². The van der Waals surface area contributed by atoms with E-state index in [1.54, 1.807) is 4.90 Å². The number of para-hydroxylation sites is 1. The standard InChI is InChI=1S/C16H21N3O3/c20-15(18-9-11-22-12-10-18)14-7-4-8-19(14)16(21)17-13-5-2-1-3-6-13/h1-3,5-6,14H,4,7-12H2,(H,17,21)/t14-/m1/s1. The summed E-state index contributed by atoms with van der Waals surface area (Å²) in [6, 6.07) is 8.78. The number of likely N-dealkylation sites (tertiary alicyclic amines) is 1. The van der Waals surface area contributed by atoms with Gasteiger partial charge in [-0.05, 0) is 25.0 Å². The summed E-state index contributed by atoms with van der Waals surface area (Å²) < 4.78 is 5.28. The predicted octanol–water partition coefficient (Wildman–Crippen LogP) is 1.54. The Bertz CT molecular complexity index is 529. The Labute approximate surface area is 130 Å². The zero-order chi connectivity index (χ0) is 15.4. The van der Waals surface area contributed by atoms with Gasteiger partial charge < -0.3 is 19.9 Å². The lowest BCUT2D eigenvalue weighted by atomic mass is 10.2. The zero-order valence-corrected chi connectivity index (χ0v) is 12.5. The van der Waals surface area contributed by atoms with Gasteiger partial charge in [-0.25, -0.2) is 4.79 Å². The molecule has 0 aromatic heterocycles. The van der Waals surface area contributed by atoms with Crippen molar-refractivity contribution < 1.29 is 14.3 Å². The number of morpholine rings is 1. The van der Waals surface area contributed by atoms with E-state index in [4.69, 9.17) is 4.74 Å². The quantitative estimate of drug-likeness (QED) is 0.901. The van der Waals surface area contributed by atoms with Crippen LogP contribution in [-0.2, 0) is 9.53 Å². The Hall–Kier alpha value is -2.08. The number of urea groups is 1. The molecule has 0 aliphatic carbocycles. The molecule has 118 valence electrons. The van der Waals surface area contributed by atoms with Crippen LogP contribution in [0.1, 0.15) is 12.8 Å². The number of hydrogen-bond donors (Lipinski definition) is 1. The van der Waals surface area contributed by atoms with Crippen LogP contribution in [-0.4, -0.2) is 60.6 Å². The van der Waals surface area contributed by atoms with Gasteiger partial charge >= 0.3 is 6.03 Å². The zero-order valence-electron chi connectivity index (χ0n) is 12.5. The molecule has 22 heavy (non-hydrogen) atoms. The van der Waals surface area contributed by atoms with Gasteiger partial charge in [0.05, 0.1) is 13.2 Å². The fourth-order valence-corrected chi connectivity index (χ4v) is 2.98. The normalized spacial score (nSPS) is 21.7. The molecule has 0 unspecified atom stereocenters. The van der Waals surface area contributed by atoms with E-state index in [0.717, 1.165) is 18.5 Å². The van der Waals surface area contributed by atoms with E-state index >= 15 is 0 Å². The molecule has 3 amide bonds. The maximum Gasteiger partial charge on any atom is 0.322 e. The number of carbonyl (C=O) groups excluding carboxylic acids is 2. The highest BCUT2D eigenvalue weighted by molar-refractivity contribution is 5.94. The van der Waals surface area contributed by atoms with Crippen molar-refractivity contribution in [2.45, 2.75) is 18.9 Å². The molecule has 0 spiro atoms. The number of ether oxygens (including phenoxy) is 1. The molecule has 3 rings (SSSR count). The molecule has 1 N–H and O–H groups in total. The van der Waals surface area contributed by atoms with Crippen LogP contribution >= 0.6 is 0 Å². The van der Waals surface area contributed by atoms with Gasteiger partial charge in [-0.2, -0.15) is 0 Å². The average Bonchev–Trinajstić information content (AvgIpc) is 3.05. The highest BCUT2D eigenvalue weighted by atomic mass is 16.5. The van der Waals surface area contributed by atoms with Crippen molar-refractivity contribution in [1.29, 1.82) is 0 Å². The molecule has 2 saturated heterocycles. The SMILES string of the molecule is O=C([C@H]1CCCN1C(=O)Nc1ccccc1)N1CCOCC1. The van der Waals surface area contributed by atoms with E-state index in [2.05, 4.69) is 5.32 Å². The number of anilines is 1. The third-order valence-electron chi connectivity index (χ3n) is 4.15. The summed E-state index contributed by atoms with van der Waals surface area (Å²) in [5, 5.41) is 2.86. The Kier molecular flexibility index (Phi) is 4.58. The summed E-state index contributed by atoms with van der Waals surface area (Å²) in [5.41, 5.74) is 0.747. The summed E-state index contributed by atoms with van der Waals surface area (Å²) >= 11 is 0. The van der Waals surface area contributed by atoms with Gasteiger partial charge in [0.15, 0.2) is 0 Å². The van der Waals surface area contributed by atoms with Crippen molar-refractivity contribution in [2.24, 2.45) is 0 Å².